The van der Waals surface area contributed by atoms with Crippen molar-refractivity contribution < 1.29 is 51.0 Å². The molecule has 0 aromatic heterocycles. The first-order valence-electron chi connectivity index (χ1n) is 9.54. The molecule has 1 unspecified atom stereocenters. The molecule has 1 aliphatic rings. The zero-order valence-electron chi connectivity index (χ0n) is 17.2. The van der Waals surface area contributed by atoms with Crippen molar-refractivity contribution in [3.8, 4) is 0 Å². The van der Waals surface area contributed by atoms with E-state index < -0.39 is 0 Å². The Balaban J connectivity index is 0.000000875. The second kappa shape index (κ2) is 11.8. The minimum absolute atomic E-state index is 0. The first kappa shape index (κ1) is 26.5. The number of rotatable bonds is 2. The summed E-state index contributed by atoms with van der Waals surface area (Å²) in [6.07, 6.45) is 2.37. The molecule has 0 radical (unpaired) electrons. The Morgan fingerprint density at radius 2 is 1.43 bits per heavy atom. The van der Waals surface area contributed by atoms with E-state index in [4.69, 9.17) is 0 Å². The molecule has 0 spiro atoms. The maximum atomic E-state index is 3.25. The summed E-state index contributed by atoms with van der Waals surface area (Å²) < 4.78 is 0. The van der Waals surface area contributed by atoms with Crippen molar-refractivity contribution in [2.75, 3.05) is 0 Å². The van der Waals surface area contributed by atoms with Crippen LogP contribution in [0.15, 0.2) is 84.9 Å². The number of fused-ring (bicyclic) bond motifs is 2. The van der Waals surface area contributed by atoms with E-state index in [-0.39, 0.29) is 51.0 Å². The van der Waals surface area contributed by atoms with Crippen LogP contribution in [0.4, 0.5) is 0 Å². The maximum absolute atomic E-state index is 3.25. The van der Waals surface area contributed by atoms with Crippen molar-refractivity contribution in [1.29, 1.82) is 0 Å². The summed E-state index contributed by atoms with van der Waals surface area (Å²) >= 11 is 0. The third-order valence-corrected chi connectivity index (χ3v) is 5.34. The van der Waals surface area contributed by atoms with Crippen molar-refractivity contribution in [2.45, 2.75) is 19.8 Å². The minimum Gasteiger partial charge on any atom is -1.00 e. The molecule has 1 aliphatic carbocycles. The zero-order valence-corrected chi connectivity index (χ0v) is 21.2. The standard InChI is InChI=1S/C25H19.C2H5.2ClH.Zr/c1-17-12-14-19(15-13-17)24-16-20-6-2-3-9-22(20)25(24)23-11-5-8-18-7-4-10-21(18)23;1-2;;;/h2-16,25H,1H3;1H2,2H3;2*1H;/q2*-1;;;+4/p-2. The fourth-order valence-electron chi connectivity index (χ4n) is 4.09. The summed E-state index contributed by atoms with van der Waals surface area (Å²) in [7, 11) is 0. The molecule has 1 atom stereocenters. The average Bonchev–Trinajstić information content (AvgIpc) is 3.34. The summed E-state index contributed by atoms with van der Waals surface area (Å²) in [5.41, 5.74) is 8.16. The van der Waals surface area contributed by atoms with Crippen LogP contribution >= 0.6 is 0 Å². The van der Waals surface area contributed by atoms with Gasteiger partial charge in [-0.25, -0.2) is 0 Å². The van der Waals surface area contributed by atoms with Crippen LogP contribution in [0.25, 0.3) is 22.4 Å². The van der Waals surface area contributed by atoms with Gasteiger partial charge in [0.15, 0.2) is 0 Å². The summed E-state index contributed by atoms with van der Waals surface area (Å²) in [5, 5.41) is 2.69. The number of hydrogen-bond donors (Lipinski definition) is 0. The van der Waals surface area contributed by atoms with Crippen LogP contribution in [-0.2, 0) is 26.2 Å². The Labute approximate surface area is 211 Å². The molecular formula is C27H24Cl2Zr. The first-order valence-corrected chi connectivity index (χ1v) is 9.54. The van der Waals surface area contributed by atoms with Gasteiger partial charge < -0.3 is 31.7 Å². The third-order valence-electron chi connectivity index (χ3n) is 5.34. The van der Waals surface area contributed by atoms with Crippen molar-refractivity contribution in [2.24, 2.45) is 0 Å². The van der Waals surface area contributed by atoms with Crippen molar-refractivity contribution >= 4 is 22.4 Å². The van der Waals surface area contributed by atoms with Gasteiger partial charge in [0.25, 0.3) is 0 Å². The monoisotopic (exact) mass is 508 g/mol. The summed E-state index contributed by atoms with van der Waals surface area (Å²) in [4.78, 5) is 0. The molecule has 0 fully saturated rings. The molecule has 0 bridgehead atoms. The zero-order chi connectivity index (χ0) is 18.8. The predicted octanol–water partition coefficient (Wildman–Crippen LogP) is 1.40. The Bertz CT molecular complexity index is 1110. The molecule has 30 heavy (non-hydrogen) atoms. The van der Waals surface area contributed by atoms with Gasteiger partial charge in [0.2, 0.25) is 0 Å². The largest absolute Gasteiger partial charge is 4.00 e. The van der Waals surface area contributed by atoms with Crippen molar-refractivity contribution in [3.05, 3.63) is 120 Å². The predicted molar refractivity (Wildman–Crippen MR) is 118 cm³/mol. The van der Waals surface area contributed by atoms with Gasteiger partial charge in [-0.1, -0.05) is 65.7 Å². The molecule has 0 N–H and O–H groups in total. The van der Waals surface area contributed by atoms with Crippen LogP contribution in [0.1, 0.15) is 40.7 Å². The Hall–Kier alpha value is -1.53. The molecule has 0 heterocycles. The minimum atomic E-state index is 0. The molecule has 150 valence electrons. The molecule has 5 rings (SSSR count). The number of allylic oxidation sites excluding steroid dienone is 1. The molecule has 0 amide bonds. The fraction of sp³-hybridized carbons (Fsp3) is 0.111. The Morgan fingerprint density at radius 1 is 0.767 bits per heavy atom. The Morgan fingerprint density at radius 3 is 2.17 bits per heavy atom. The van der Waals surface area contributed by atoms with Crippen LogP contribution in [0, 0.1) is 13.8 Å². The number of aryl methyl sites for hydroxylation is 1. The molecule has 0 nitrogen and oxygen atoms in total. The van der Waals surface area contributed by atoms with E-state index in [1.54, 1.807) is 6.92 Å². The van der Waals surface area contributed by atoms with Gasteiger partial charge in [-0.2, -0.15) is 19.1 Å². The summed E-state index contributed by atoms with van der Waals surface area (Å²) in [6, 6.07) is 31.0. The molecule has 0 aliphatic heterocycles. The van der Waals surface area contributed by atoms with E-state index >= 15 is 0 Å². The average molecular weight is 511 g/mol. The summed E-state index contributed by atoms with van der Waals surface area (Å²) in [5.74, 6) is 0.296. The van der Waals surface area contributed by atoms with E-state index in [2.05, 4.69) is 105 Å². The van der Waals surface area contributed by atoms with Gasteiger partial charge in [0, 0.05) is 5.92 Å². The van der Waals surface area contributed by atoms with Gasteiger partial charge >= 0.3 is 26.2 Å². The van der Waals surface area contributed by atoms with E-state index in [1.807, 2.05) is 0 Å². The van der Waals surface area contributed by atoms with Gasteiger partial charge in [-0.15, -0.1) is 29.0 Å². The third kappa shape index (κ3) is 4.86. The second-order valence-electron chi connectivity index (χ2n) is 6.90. The van der Waals surface area contributed by atoms with Crippen LogP contribution in [-0.4, -0.2) is 0 Å². The van der Waals surface area contributed by atoms with Crippen LogP contribution < -0.4 is 24.8 Å². The Kier molecular flexibility index (Phi) is 10.4. The molecular weight excluding hydrogens is 486 g/mol. The molecule has 0 saturated heterocycles. The van der Waals surface area contributed by atoms with Crippen LogP contribution in [0.3, 0.4) is 0 Å². The van der Waals surface area contributed by atoms with E-state index in [0.717, 1.165) is 0 Å². The first-order chi connectivity index (χ1) is 13.3. The molecule has 4 aromatic carbocycles. The normalized spacial score (nSPS) is 13.6. The molecule has 3 heteroatoms. The fourth-order valence-corrected chi connectivity index (χ4v) is 4.09. The SMILES string of the molecule is Cc1ccc(C2=Cc3ccccc3C2c2cccc3[cH-]ccc23)cc1.[CH2-]C.[Cl-].[Cl-].[Zr+4]. The van der Waals surface area contributed by atoms with Crippen molar-refractivity contribution in [3.63, 3.8) is 0 Å². The second-order valence-corrected chi connectivity index (χ2v) is 6.90. The van der Waals surface area contributed by atoms with Crippen molar-refractivity contribution in [1.82, 2.24) is 0 Å². The van der Waals surface area contributed by atoms with E-state index in [0.29, 0.717) is 5.92 Å². The van der Waals surface area contributed by atoms with Gasteiger partial charge in [0.1, 0.15) is 0 Å². The maximum Gasteiger partial charge on any atom is 4.00 e. The van der Waals surface area contributed by atoms with Gasteiger partial charge in [-0.05, 0) is 35.3 Å². The molecule has 0 saturated carbocycles. The van der Waals surface area contributed by atoms with Crippen LogP contribution in [0.2, 0.25) is 0 Å². The number of hydrogen-bond acceptors (Lipinski definition) is 0. The summed E-state index contributed by atoms with van der Waals surface area (Å²) in [6.45, 7) is 7.14. The smallest absolute Gasteiger partial charge is 1.00 e. The topological polar surface area (TPSA) is 0 Å². The van der Waals surface area contributed by atoms with E-state index in [1.165, 1.54) is 44.2 Å². The van der Waals surface area contributed by atoms with Gasteiger partial charge in [-0.3, -0.25) is 0 Å². The molecule has 4 aromatic rings. The number of benzene rings is 3. The van der Waals surface area contributed by atoms with Crippen LogP contribution in [0.5, 0.6) is 0 Å². The quantitative estimate of drug-likeness (QED) is 0.358. The van der Waals surface area contributed by atoms with Gasteiger partial charge in [0.05, 0.1) is 0 Å². The van der Waals surface area contributed by atoms with E-state index in [9.17, 15) is 0 Å². The number of halogens is 2.